The van der Waals surface area contributed by atoms with Crippen molar-refractivity contribution in [3.8, 4) is 0 Å². The molecule has 88 valence electrons. The van der Waals surface area contributed by atoms with Gasteiger partial charge in [-0.25, -0.2) is 0 Å². The Morgan fingerprint density at radius 2 is 2.00 bits per heavy atom. The molecule has 0 heterocycles. The first-order valence-electron chi connectivity index (χ1n) is 4.77. The third kappa shape index (κ3) is 3.23. The predicted molar refractivity (Wildman–Crippen MR) is 61.4 cm³/mol. The molecule has 0 amide bonds. The van der Waals surface area contributed by atoms with Crippen molar-refractivity contribution in [3.63, 3.8) is 0 Å². The number of benzene rings is 1. The van der Waals surface area contributed by atoms with Crippen LogP contribution < -0.4 is 0 Å². The van der Waals surface area contributed by atoms with E-state index in [9.17, 15) is 15.0 Å². The molecule has 0 saturated carbocycles. The van der Waals surface area contributed by atoms with E-state index in [0.29, 0.717) is 5.56 Å². The van der Waals surface area contributed by atoms with Gasteiger partial charge in [-0.05, 0) is 17.9 Å². The number of rotatable bonds is 5. The molecule has 0 aliphatic heterocycles. The summed E-state index contributed by atoms with van der Waals surface area (Å²) < 4.78 is 0. The summed E-state index contributed by atoms with van der Waals surface area (Å²) in [5, 5.41) is 27.9. The zero-order valence-electron chi connectivity index (χ0n) is 8.83. The van der Waals surface area contributed by atoms with Crippen LogP contribution in [0.4, 0.5) is 0 Å². The van der Waals surface area contributed by atoms with Crippen molar-refractivity contribution < 1.29 is 20.1 Å². The van der Waals surface area contributed by atoms with Crippen molar-refractivity contribution in [2.75, 3.05) is 6.26 Å². The standard InChI is InChI=1S/C11H14O4S/c1-16-9-5-3-2-4-7(9)11(15)8(12)6-10(13)14/h2-5,8,11-12,15H,6H2,1H3,(H,13,14). The van der Waals surface area contributed by atoms with Crippen molar-refractivity contribution in [3.05, 3.63) is 29.8 Å². The first-order valence-corrected chi connectivity index (χ1v) is 5.99. The maximum atomic E-state index is 10.4. The average molecular weight is 242 g/mol. The Morgan fingerprint density at radius 1 is 1.38 bits per heavy atom. The number of aliphatic hydroxyl groups excluding tert-OH is 2. The van der Waals surface area contributed by atoms with Crippen LogP contribution in [0.5, 0.6) is 0 Å². The Hall–Kier alpha value is -1.04. The molecule has 5 heteroatoms. The zero-order chi connectivity index (χ0) is 12.1. The van der Waals surface area contributed by atoms with Crippen LogP contribution in [0.25, 0.3) is 0 Å². The van der Waals surface area contributed by atoms with E-state index in [0.717, 1.165) is 4.90 Å². The highest BCUT2D eigenvalue weighted by Gasteiger charge is 2.22. The fraction of sp³-hybridized carbons (Fsp3) is 0.364. The molecule has 2 unspecified atom stereocenters. The van der Waals surface area contributed by atoms with Gasteiger partial charge in [0.25, 0.3) is 0 Å². The Bertz CT molecular complexity index is 367. The first-order chi connectivity index (χ1) is 7.56. The van der Waals surface area contributed by atoms with Crippen LogP contribution in [0.3, 0.4) is 0 Å². The second-order valence-electron chi connectivity index (χ2n) is 3.35. The largest absolute Gasteiger partial charge is 0.481 e. The number of aliphatic carboxylic acids is 1. The Kier molecular flexibility index (Phi) is 4.79. The molecule has 0 radical (unpaired) electrons. The Balaban J connectivity index is 2.86. The second kappa shape index (κ2) is 5.89. The van der Waals surface area contributed by atoms with Crippen molar-refractivity contribution in [2.24, 2.45) is 0 Å². The van der Waals surface area contributed by atoms with Crippen molar-refractivity contribution >= 4 is 17.7 Å². The monoisotopic (exact) mass is 242 g/mol. The summed E-state index contributed by atoms with van der Waals surface area (Å²) in [6.07, 6.45) is -1.07. The van der Waals surface area contributed by atoms with Crippen LogP contribution in [0.15, 0.2) is 29.2 Å². The topological polar surface area (TPSA) is 77.8 Å². The minimum Gasteiger partial charge on any atom is -0.481 e. The molecule has 0 aliphatic carbocycles. The van der Waals surface area contributed by atoms with Crippen LogP contribution in [-0.4, -0.2) is 33.6 Å². The van der Waals surface area contributed by atoms with Gasteiger partial charge in [0.05, 0.1) is 12.5 Å². The van der Waals surface area contributed by atoms with E-state index in [1.165, 1.54) is 11.8 Å². The number of hydrogen-bond donors (Lipinski definition) is 3. The van der Waals surface area contributed by atoms with Gasteiger partial charge < -0.3 is 15.3 Å². The van der Waals surface area contributed by atoms with Gasteiger partial charge in [0.2, 0.25) is 0 Å². The fourth-order valence-corrected chi connectivity index (χ4v) is 2.05. The summed E-state index contributed by atoms with van der Waals surface area (Å²) >= 11 is 1.44. The molecule has 0 aromatic heterocycles. The van der Waals surface area contributed by atoms with E-state index in [2.05, 4.69) is 0 Å². The van der Waals surface area contributed by atoms with Gasteiger partial charge in [-0.2, -0.15) is 0 Å². The highest BCUT2D eigenvalue weighted by atomic mass is 32.2. The number of carboxylic acids is 1. The smallest absolute Gasteiger partial charge is 0.306 e. The molecule has 1 rings (SSSR count). The van der Waals surface area contributed by atoms with Crippen LogP contribution in [0.1, 0.15) is 18.1 Å². The van der Waals surface area contributed by atoms with Gasteiger partial charge in [0.1, 0.15) is 6.10 Å². The van der Waals surface area contributed by atoms with Crippen molar-refractivity contribution in [1.29, 1.82) is 0 Å². The second-order valence-corrected chi connectivity index (χ2v) is 4.20. The molecule has 0 bridgehead atoms. The van der Waals surface area contributed by atoms with Crippen LogP contribution in [-0.2, 0) is 4.79 Å². The van der Waals surface area contributed by atoms with Gasteiger partial charge in [0, 0.05) is 4.90 Å². The highest BCUT2D eigenvalue weighted by Crippen LogP contribution is 2.28. The Labute approximate surface area is 97.9 Å². The molecule has 4 nitrogen and oxygen atoms in total. The van der Waals surface area contributed by atoms with E-state index in [4.69, 9.17) is 5.11 Å². The number of carboxylic acid groups (broad SMARTS) is 1. The van der Waals surface area contributed by atoms with Crippen LogP contribution in [0, 0.1) is 0 Å². The highest BCUT2D eigenvalue weighted by molar-refractivity contribution is 7.98. The number of aliphatic hydroxyl groups is 2. The van der Waals surface area contributed by atoms with Crippen molar-refractivity contribution in [1.82, 2.24) is 0 Å². The molecule has 0 saturated heterocycles. The SMILES string of the molecule is CSc1ccccc1C(O)C(O)CC(=O)O. The first kappa shape index (κ1) is 13.0. The molecule has 3 N–H and O–H groups in total. The molecule has 1 aromatic rings. The minimum absolute atomic E-state index is 0.468. The molecule has 0 aliphatic rings. The quantitative estimate of drug-likeness (QED) is 0.678. The van der Waals surface area contributed by atoms with Gasteiger partial charge in [0.15, 0.2) is 0 Å². The number of thioether (sulfide) groups is 1. The molecular weight excluding hydrogens is 228 g/mol. The lowest BCUT2D eigenvalue weighted by Gasteiger charge is -2.18. The van der Waals surface area contributed by atoms with Crippen molar-refractivity contribution in [2.45, 2.75) is 23.5 Å². The third-order valence-electron chi connectivity index (χ3n) is 2.21. The molecule has 1 aromatic carbocycles. The summed E-state index contributed by atoms with van der Waals surface area (Å²) in [5.41, 5.74) is 0.559. The summed E-state index contributed by atoms with van der Waals surface area (Å²) in [6.45, 7) is 0. The molecular formula is C11H14O4S. The maximum absolute atomic E-state index is 10.4. The van der Waals surface area contributed by atoms with Gasteiger partial charge in [-0.3, -0.25) is 4.79 Å². The Morgan fingerprint density at radius 3 is 2.56 bits per heavy atom. The molecule has 0 fully saturated rings. The summed E-state index contributed by atoms with van der Waals surface area (Å²) in [7, 11) is 0. The third-order valence-corrected chi connectivity index (χ3v) is 3.02. The molecule has 2 atom stereocenters. The van der Waals surface area contributed by atoms with E-state index >= 15 is 0 Å². The van der Waals surface area contributed by atoms with E-state index in [1.807, 2.05) is 18.4 Å². The van der Waals surface area contributed by atoms with Crippen LogP contribution in [0.2, 0.25) is 0 Å². The van der Waals surface area contributed by atoms with E-state index in [1.54, 1.807) is 12.1 Å². The number of hydrogen-bond acceptors (Lipinski definition) is 4. The fourth-order valence-electron chi connectivity index (χ4n) is 1.41. The zero-order valence-corrected chi connectivity index (χ0v) is 9.65. The minimum atomic E-state index is -1.29. The summed E-state index contributed by atoms with van der Waals surface area (Å²) in [6, 6.07) is 7.07. The normalized spacial score (nSPS) is 14.4. The lowest BCUT2D eigenvalue weighted by Crippen LogP contribution is -2.22. The van der Waals surface area contributed by atoms with E-state index in [-0.39, 0.29) is 0 Å². The summed E-state index contributed by atoms with van der Waals surface area (Å²) in [5.74, 6) is -1.13. The number of carbonyl (C=O) groups is 1. The van der Waals surface area contributed by atoms with Gasteiger partial charge in [-0.15, -0.1) is 11.8 Å². The van der Waals surface area contributed by atoms with E-state index < -0.39 is 24.6 Å². The lowest BCUT2D eigenvalue weighted by atomic mass is 10.0. The molecule has 0 spiro atoms. The maximum Gasteiger partial charge on any atom is 0.306 e. The van der Waals surface area contributed by atoms with Gasteiger partial charge >= 0.3 is 5.97 Å². The molecule has 16 heavy (non-hydrogen) atoms. The lowest BCUT2D eigenvalue weighted by molar-refractivity contribution is -0.141. The predicted octanol–water partition coefficient (Wildman–Crippen LogP) is 1.28. The average Bonchev–Trinajstić information content (AvgIpc) is 2.27. The van der Waals surface area contributed by atoms with Gasteiger partial charge in [-0.1, -0.05) is 18.2 Å². The van der Waals surface area contributed by atoms with Crippen LogP contribution >= 0.6 is 11.8 Å². The summed E-state index contributed by atoms with van der Waals surface area (Å²) in [4.78, 5) is 11.3.